The lowest BCUT2D eigenvalue weighted by atomic mass is 10.1. The summed E-state index contributed by atoms with van der Waals surface area (Å²) >= 11 is 0. The molecule has 0 radical (unpaired) electrons. The Morgan fingerprint density at radius 2 is 2.15 bits per heavy atom. The maximum atomic E-state index is 14.1. The van der Waals surface area contributed by atoms with Crippen molar-refractivity contribution in [1.29, 1.82) is 0 Å². The molecule has 134 valence electrons. The second-order valence-electron chi connectivity index (χ2n) is 6.69. The van der Waals surface area contributed by atoms with Crippen molar-refractivity contribution in [3.8, 4) is 11.3 Å². The first-order valence-corrected chi connectivity index (χ1v) is 8.60. The van der Waals surface area contributed by atoms with Crippen LogP contribution in [0.2, 0.25) is 0 Å². The number of nitrogens with one attached hydrogen (secondary N) is 1. The first-order chi connectivity index (χ1) is 12.5. The highest BCUT2D eigenvalue weighted by Crippen LogP contribution is 2.28. The van der Waals surface area contributed by atoms with E-state index in [4.69, 9.17) is 4.42 Å². The third-order valence-electron chi connectivity index (χ3n) is 4.54. The molecule has 0 fully saturated rings. The summed E-state index contributed by atoms with van der Waals surface area (Å²) in [5.74, 6) is 1.15. The van der Waals surface area contributed by atoms with Crippen LogP contribution in [0.5, 0.6) is 0 Å². The van der Waals surface area contributed by atoms with Gasteiger partial charge in [-0.05, 0) is 12.1 Å². The summed E-state index contributed by atoms with van der Waals surface area (Å²) in [7, 11) is 0. The van der Waals surface area contributed by atoms with Crippen molar-refractivity contribution in [2.24, 2.45) is 0 Å². The molecule has 0 saturated carbocycles. The molecule has 1 amide bonds. The van der Waals surface area contributed by atoms with Crippen LogP contribution in [-0.4, -0.2) is 32.5 Å². The summed E-state index contributed by atoms with van der Waals surface area (Å²) in [4.78, 5) is 19.2. The number of carbonyl (C=O) groups is 1. The Labute approximate surface area is 150 Å². The minimum Gasteiger partial charge on any atom is -0.445 e. The summed E-state index contributed by atoms with van der Waals surface area (Å²) in [6.45, 7) is 4.95. The predicted molar refractivity (Wildman–Crippen MR) is 93.0 cm³/mol. The molecule has 6 nitrogen and oxygen atoms in total. The average Bonchev–Trinajstić information content (AvgIpc) is 3.27. The topological polar surface area (TPSA) is 75.0 Å². The number of aromatic nitrogens is 3. The van der Waals surface area contributed by atoms with E-state index in [1.54, 1.807) is 23.1 Å². The van der Waals surface area contributed by atoms with E-state index in [0.717, 1.165) is 11.5 Å². The molecule has 0 atom stereocenters. The highest BCUT2D eigenvalue weighted by molar-refractivity contribution is 5.99. The van der Waals surface area contributed by atoms with Crippen LogP contribution in [0.1, 0.15) is 47.5 Å². The quantitative estimate of drug-likeness (QED) is 0.781. The first kappa shape index (κ1) is 16.5. The van der Waals surface area contributed by atoms with Crippen LogP contribution in [0.15, 0.2) is 34.9 Å². The number of amides is 1. The van der Waals surface area contributed by atoms with Crippen LogP contribution in [0.25, 0.3) is 11.3 Å². The van der Waals surface area contributed by atoms with Gasteiger partial charge in [0.1, 0.15) is 17.3 Å². The number of carbonyl (C=O) groups excluding carboxylic acids is 1. The maximum absolute atomic E-state index is 14.1. The minimum atomic E-state index is -0.398. The van der Waals surface area contributed by atoms with Crippen molar-refractivity contribution < 1.29 is 13.6 Å². The Hall–Kier alpha value is -2.96. The molecule has 1 aromatic carbocycles. The molecule has 2 aromatic heterocycles. The molecule has 0 spiro atoms. The van der Waals surface area contributed by atoms with Crippen LogP contribution < -0.4 is 0 Å². The Balaban J connectivity index is 1.62. The van der Waals surface area contributed by atoms with E-state index in [1.165, 1.54) is 12.3 Å². The lowest BCUT2D eigenvalue weighted by Gasteiger charge is -2.25. The van der Waals surface area contributed by atoms with Crippen LogP contribution in [0.4, 0.5) is 4.39 Å². The summed E-state index contributed by atoms with van der Waals surface area (Å²) in [6, 6.07) is 6.32. The van der Waals surface area contributed by atoms with Gasteiger partial charge in [-0.1, -0.05) is 26.0 Å². The zero-order chi connectivity index (χ0) is 18.3. The monoisotopic (exact) mass is 354 g/mol. The van der Waals surface area contributed by atoms with Crippen LogP contribution in [0, 0.1) is 5.82 Å². The van der Waals surface area contributed by atoms with Gasteiger partial charge in [0.25, 0.3) is 5.91 Å². The summed E-state index contributed by atoms with van der Waals surface area (Å²) in [5, 5.41) is 6.70. The number of oxazole rings is 1. The fourth-order valence-corrected chi connectivity index (χ4v) is 3.13. The standard InChI is InChI=1S/C19H19FN4O2/c1-11(2)18-22-15-10-24(8-7-16(15)26-18)19(25)13-9-21-23-17(13)12-5-3-4-6-14(12)20/h3-6,9,11H,7-8,10H2,1-2H3,(H,21,23). The van der Waals surface area contributed by atoms with Crippen molar-refractivity contribution in [3.63, 3.8) is 0 Å². The van der Waals surface area contributed by atoms with Gasteiger partial charge >= 0.3 is 0 Å². The van der Waals surface area contributed by atoms with E-state index in [9.17, 15) is 9.18 Å². The van der Waals surface area contributed by atoms with E-state index in [2.05, 4.69) is 15.2 Å². The van der Waals surface area contributed by atoms with Gasteiger partial charge in [-0.2, -0.15) is 5.10 Å². The second-order valence-corrected chi connectivity index (χ2v) is 6.69. The van der Waals surface area contributed by atoms with Gasteiger partial charge in [-0.15, -0.1) is 0 Å². The fourth-order valence-electron chi connectivity index (χ4n) is 3.13. The summed E-state index contributed by atoms with van der Waals surface area (Å²) in [6.07, 6.45) is 2.07. The fraction of sp³-hybridized carbons (Fsp3) is 0.316. The molecule has 0 unspecified atom stereocenters. The number of benzene rings is 1. The Morgan fingerprint density at radius 3 is 2.92 bits per heavy atom. The number of rotatable bonds is 3. The highest BCUT2D eigenvalue weighted by atomic mass is 19.1. The molecular formula is C19H19FN4O2. The van der Waals surface area contributed by atoms with Crippen LogP contribution >= 0.6 is 0 Å². The number of aromatic amines is 1. The minimum absolute atomic E-state index is 0.197. The van der Waals surface area contributed by atoms with Crippen molar-refractivity contribution in [2.45, 2.75) is 32.7 Å². The average molecular weight is 354 g/mol. The number of hydrogen-bond donors (Lipinski definition) is 1. The highest BCUT2D eigenvalue weighted by Gasteiger charge is 2.29. The number of H-pyrrole nitrogens is 1. The molecule has 0 saturated heterocycles. The maximum Gasteiger partial charge on any atom is 0.258 e. The smallest absolute Gasteiger partial charge is 0.258 e. The molecule has 1 N–H and O–H groups in total. The van der Waals surface area contributed by atoms with Gasteiger partial charge in [0, 0.05) is 24.4 Å². The lowest BCUT2D eigenvalue weighted by Crippen LogP contribution is -2.35. The first-order valence-electron chi connectivity index (χ1n) is 8.60. The molecule has 0 bridgehead atoms. The Bertz CT molecular complexity index is 960. The van der Waals surface area contributed by atoms with Gasteiger partial charge < -0.3 is 9.32 Å². The molecular weight excluding hydrogens is 335 g/mol. The van der Waals surface area contributed by atoms with E-state index in [0.29, 0.717) is 42.2 Å². The predicted octanol–water partition coefficient (Wildman–Crippen LogP) is 3.53. The number of nitrogens with zero attached hydrogens (tertiary/aromatic N) is 3. The van der Waals surface area contributed by atoms with E-state index in [-0.39, 0.29) is 11.8 Å². The van der Waals surface area contributed by atoms with Gasteiger partial charge in [0.2, 0.25) is 0 Å². The summed E-state index contributed by atoms with van der Waals surface area (Å²) < 4.78 is 19.9. The molecule has 4 rings (SSSR count). The normalized spacial score (nSPS) is 13.9. The number of fused-ring (bicyclic) bond motifs is 1. The van der Waals surface area contributed by atoms with Gasteiger partial charge in [-0.25, -0.2) is 9.37 Å². The van der Waals surface area contributed by atoms with Crippen LogP contribution in [0.3, 0.4) is 0 Å². The van der Waals surface area contributed by atoms with Crippen molar-refractivity contribution >= 4 is 5.91 Å². The van der Waals surface area contributed by atoms with Crippen molar-refractivity contribution in [1.82, 2.24) is 20.1 Å². The largest absolute Gasteiger partial charge is 0.445 e. The van der Waals surface area contributed by atoms with Gasteiger partial charge in [0.15, 0.2) is 5.89 Å². The van der Waals surface area contributed by atoms with E-state index in [1.807, 2.05) is 13.8 Å². The summed E-state index contributed by atoms with van der Waals surface area (Å²) in [5.41, 5.74) is 1.87. The molecule has 3 aromatic rings. The van der Waals surface area contributed by atoms with Crippen molar-refractivity contribution in [3.05, 3.63) is 59.2 Å². The molecule has 1 aliphatic heterocycles. The van der Waals surface area contributed by atoms with Gasteiger partial charge in [0.05, 0.1) is 24.0 Å². The molecule has 7 heteroatoms. The zero-order valence-corrected chi connectivity index (χ0v) is 14.6. The third kappa shape index (κ3) is 2.79. The molecule has 3 heterocycles. The van der Waals surface area contributed by atoms with E-state index < -0.39 is 5.82 Å². The van der Waals surface area contributed by atoms with E-state index >= 15 is 0 Å². The Morgan fingerprint density at radius 1 is 1.35 bits per heavy atom. The number of hydrogen-bond acceptors (Lipinski definition) is 4. The molecule has 0 aliphatic carbocycles. The second kappa shape index (κ2) is 6.40. The molecule has 1 aliphatic rings. The van der Waals surface area contributed by atoms with Crippen LogP contribution in [-0.2, 0) is 13.0 Å². The molecule has 26 heavy (non-hydrogen) atoms. The van der Waals surface area contributed by atoms with Crippen molar-refractivity contribution in [2.75, 3.05) is 6.54 Å². The number of halogens is 1. The zero-order valence-electron chi connectivity index (χ0n) is 14.6. The van der Waals surface area contributed by atoms with Gasteiger partial charge in [-0.3, -0.25) is 9.89 Å². The lowest BCUT2D eigenvalue weighted by molar-refractivity contribution is 0.0728. The third-order valence-corrected chi connectivity index (χ3v) is 4.54. The Kier molecular flexibility index (Phi) is 4.06. The SMILES string of the molecule is CC(C)c1nc2c(o1)CCN(C(=O)c1cn[nH]c1-c1ccccc1F)C2.